The second kappa shape index (κ2) is 7.08. The molecule has 1 N–H and O–H groups in total. The molecule has 1 saturated heterocycles. The highest BCUT2D eigenvalue weighted by Gasteiger charge is 2.27. The van der Waals surface area contributed by atoms with Gasteiger partial charge in [-0.3, -0.25) is 0 Å². The average molecular weight is 288 g/mol. The molecule has 1 fully saturated rings. The van der Waals surface area contributed by atoms with Gasteiger partial charge in [0.25, 0.3) is 0 Å². The maximum Gasteiger partial charge on any atom is 0.145 e. The fraction of sp³-hybridized carbons (Fsp3) is 0.571. The molecule has 1 aliphatic rings. The lowest BCUT2D eigenvalue weighted by molar-refractivity contribution is 0.0290. The van der Waals surface area contributed by atoms with Crippen LogP contribution in [0.4, 0.5) is 4.39 Å². The van der Waals surface area contributed by atoms with Crippen LogP contribution in [-0.4, -0.2) is 32.4 Å². The van der Waals surface area contributed by atoms with E-state index in [1.165, 1.54) is 6.07 Å². The number of rotatable bonds is 6. The van der Waals surface area contributed by atoms with Gasteiger partial charge in [0.05, 0.1) is 6.61 Å². The Hall–Kier alpha value is -0.840. The van der Waals surface area contributed by atoms with Crippen molar-refractivity contribution in [2.24, 2.45) is 5.92 Å². The molecule has 1 aromatic rings. The average Bonchev–Trinajstić information content (AvgIpc) is 2.93. The van der Waals surface area contributed by atoms with E-state index in [9.17, 15) is 4.39 Å². The predicted octanol–water partition coefficient (Wildman–Crippen LogP) is 2.87. The molecule has 0 saturated carbocycles. The molecule has 1 aromatic carbocycles. The van der Waals surface area contributed by atoms with Gasteiger partial charge in [-0.25, -0.2) is 4.39 Å². The van der Waals surface area contributed by atoms with Gasteiger partial charge in [0, 0.05) is 19.1 Å². The normalized spacial score (nSPS) is 20.5. The lowest BCUT2D eigenvalue weighted by Crippen LogP contribution is -2.33. The van der Waals surface area contributed by atoms with Gasteiger partial charge < -0.3 is 14.8 Å². The zero-order chi connectivity index (χ0) is 13.7. The van der Waals surface area contributed by atoms with E-state index >= 15 is 0 Å². The van der Waals surface area contributed by atoms with Gasteiger partial charge in [0.2, 0.25) is 0 Å². The fourth-order valence-corrected chi connectivity index (χ4v) is 2.40. The Labute approximate surface area is 118 Å². The minimum Gasteiger partial charge on any atom is -0.486 e. The van der Waals surface area contributed by atoms with Crippen LogP contribution in [0.2, 0.25) is 5.02 Å². The van der Waals surface area contributed by atoms with Crippen molar-refractivity contribution in [3.05, 3.63) is 29.0 Å². The zero-order valence-corrected chi connectivity index (χ0v) is 11.8. The molecule has 1 aliphatic heterocycles. The first kappa shape index (κ1) is 14.6. The summed E-state index contributed by atoms with van der Waals surface area (Å²) in [6, 6.07) is 4.61. The number of hydrogen-bond donors (Lipinski definition) is 1. The van der Waals surface area contributed by atoms with Crippen LogP contribution < -0.4 is 10.1 Å². The molecule has 0 aliphatic carbocycles. The first-order valence-corrected chi connectivity index (χ1v) is 6.99. The van der Waals surface area contributed by atoms with Crippen molar-refractivity contribution >= 4 is 11.6 Å². The molecule has 5 heteroatoms. The molecule has 1 heterocycles. The van der Waals surface area contributed by atoms with E-state index in [2.05, 4.69) is 5.32 Å². The minimum absolute atomic E-state index is 0.0370. The molecular weight excluding hydrogens is 269 g/mol. The van der Waals surface area contributed by atoms with Crippen molar-refractivity contribution in [2.75, 3.05) is 26.3 Å². The number of hydrogen-bond acceptors (Lipinski definition) is 3. The lowest BCUT2D eigenvalue weighted by Gasteiger charge is -2.24. The molecule has 106 valence electrons. The quantitative estimate of drug-likeness (QED) is 0.873. The van der Waals surface area contributed by atoms with Gasteiger partial charge in [0.15, 0.2) is 0 Å². The van der Waals surface area contributed by atoms with Crippen molar-refractivity contribution in [1.82, 2.24) is 5.32 Å². The number of benzene rings is 1. The number of halogens is 2. The smallest absolute Gasteiger partial charge is 0.145 e. The third kappa shape index (κ3) is 3.81. The highest BCUT2D eigenvalue weighted by molar-refractivity contribution is 6.32. The summed E-state index contributed by atoms with van der Waals surface area (Å²) in [5.41, 5.74) is 0. The van der Waals surface area contributed by atoms with Gasteiger partial charge in [0.1, 0.15) is 22.7 Å². The summed E-state index contributed by atoms with van der Waals surface area (Å²) in [5, 5.41) is 3.34. The van der Waals surface area contributed by atoms with E-state index in [0.717, 1.165) is 19.5 Å². The van der Waals surface area contributed by atoms with E-state index in [1.807, 2.05) is 6.92 Å². The first-order chi connectivity index (χ1) is 9.22. The molecule has 0 amide bonds. The monoisotopic (exact) mass is 287 g/mol. The van der Waals surface area contributed by atoms with E-state index in [4.69, 9.17) is 21.1 Å². The SMILES string of the molecule is CCOC[C@H](Oc1cccc(F)c1Cl)[C@H]1CCNC1. The molecule has 0 spiro atoms. The molecular formula is C14H19ClFNO2. The predicted molar refractivity (Wildman–Crippen MR) is 73.3 cm³/mol. The van der Waals surface area contributed by atoms with Crippen molar-refractivity contribution in [2.45, 2.75) is 19.4 Å². The molecule has 0 aromatic heterocycles. The molecule has 2 atom stereocenters. The van der Waals surface area contributed by atoms with E-state index in [-0.39, 0.29) is 11.1 Å². The molecule has 0 radical (unpaired) electrons. The van der Waals surface area contributed by atoms with Crippen LogP contribution in [0.1, 0.15) is 13.3 Å². The molecule has 2 rings (SSSR count). The fourth-order valence-electron chi connectivity index (χ4n) is 2.23. The Morgan fingerprint density at radius 3 is 3.05 bits per heavy atom. The van der Waals surface area contributed by atoms with Crippen LogP contribution in [0.5, 0.6) is 5.75 Å². The summed E-state index contributed by atoms with van der Waals surface area (Å²) in [6.45, 7) is 4.95. The number of nitrogens with one attached hydrogen (secondary N) is 1. The molecule has 3 nitrogen and oxygen atoms in total. The van der Waals surface area contributed by atoms with Gasteiger partial charge in [-0.15, -0.1) is 0 Å². The lowest BCUT2D eigenvalue weighted by atomic mass is 10.0. The van der Waals surface area contributed by atoms with Gasteiger partial charge in [-0.1, -0.05) is 17.7 Å². The standard InChI is InChI=1S/C14H19ClFNO2/c1-2-18-9-13(10-6-7-17-8-10)19-12-5-3-4-11(16)14(12)15/h3-5,10,13,17H,2,6-9H2,1H3/t10-,13-/m0/s1. The van der Waals surface area contributed by atoms with E-state index in [0.29, 0.717) is 24.9 Å². The molecule has 19 heavy (non-hydrogen) atoms. The highest BCUT2D eigenvalue weighted by Crippen LogP contribution is 2.29. The van der Waals surface area contributed by atoms with Crippen LogP contribution >= 0.6 is 11.6 Å². The maximum atomic E-state index is 13.4. The Balaban J connectivity index is 2.07. The van der Waals surface area contributed by atoms with Gasteiger partial charge in [-0.05, 0) is 32.0 Å². The van der Waals surface area contributed by atoms with Crippen molar-refractivity contribution in [1.29, 1.82) is 0 Å². The third-order valence-corrected chi connectivity index (χ3v) is 3.67. The van der Waals surface area contributed by atoms with Crippen molar-refractivity contribution in [3.63, 3.8) is 0 Å². The molecule has 0 bridgehead atoms. The van der Waals surface area contributed by atoms with Crippen LogP contribution in [0.3, 0.4) is 0 Å². The first-order valence-electron chi connectivity index (χ1n) is 6.61. The summed E-state index contributed by atoms with van der Waals surface area (Å²) >= 11 is 5.92. The van der Waals surface area contributed by atoms with E-state index < -0.39 is 5.82 Å². The van der Waals surface area contributed by atoms with E-state index in [1.54, 1.807) is 12.1 Å². The molecule has 0 unspecified atom stereocenters. The van der Waals surface area contributed by atoms with Gasteiger partial charge >= 0.3 is 0 Å². The third-order valence-electron chi connectivity index (χ3n) is 3.30. The van der Waals surface area contributed by atoms with Crippen LogP contribution in [0, 0.1) is 11.7 Å². The summed E-state index contributed by atoms with van der Waals surface area (Å²) in [7, 11) is 0. The van der Waals surface area contributed by atoms with Gasteiger partial charge in [-0.2, -0.15) is 0 Å². The summed E-state index contributed by atoms with van der Waals surface area (Å²) < 4.78 is 24.7. The Morgan fingerprint density at radius 1 is 1.53 bits per heavy atom. The van der Waals surface area contributed by atoms with Crippen LogP contribution in [0.25, 0.3) is 0 Å². The topological polar surface area (TPSA) is 30.5 Å². The van der Waals surface area contributed by atoms with Crippen molar-refractivity contribution < 1.29 is 13.9 Å². The largest absolute Gasteiger partial charge is 0.486 e. The highest BCUT2D eigenvalue weighted by atomic mass is 35.5. The number of ether oxygens (including phenoxy) is 2. The minimum atomic E-state index is -0.459. The zero-order valence-electron chi connectivity index (χ0n) is 11.0. The summed E-state index contributed by atoms with van der Waals surface area (Å²) in [4.78, 5) is 0. The summed E-state index contributed by atoms with van der Waals surface area (Å²) in [6.07, 6.45) is 0.930. The van der Waals surface area contributed by atoms with Crippen LogP contribution in [0.15, 0.2) is 18.2 Å². The van der Waals surface area contributed by atoms with Crippen LogP contribution in [-0.2, 0) is 4.74 Å². The second-order valence-corrected chi connectivity index (χ2v) is 5.00. The Morgan fingerprint density at radius 2 is 2.37 bits per heavy atom. The Bertz CT molecular complexity index is 410. The van der Waals surface area contributed by atoms with Crippen molar-refractivity contribution in [3.8, 4) is 5.75 Å². The Kier molecular flexibility index (Phi) is 5.43. The second-order valence-electron chi connectivity index (χ2n) is 4.62. The summed E-state index contributed by atoms with van der Waals surface area (Å²) in [5.74, 6) is 0.294. The maximum absolute atomic E-state index is 13.4.